The van der Waals surface area contributed by atoms with Crippen molar-refractivity contribution in [3.8, 4) is 11.8 Å². The van der Waals surface area contributed by atoms with Crippen molar-refractivity contribution >= 4 is 12.0 Å². The lowest BCUT2D eigenvalue weighted by Crippen LogP contribution is -2.02. The number of carbonyl (C=O) groups is 1. The maximum absolute atomic E-state index is 11.3. The average molecular weight is 231 g/mol. The molecule has 0 unspecified atom stereocenters. The Morgan fingerprint density at radius 3 is 2.65 bits per heavy atom. The molecule has 0 aliphatic carbocycles. The fourth-order valence-electron chi connectivity index (χ4n) is 1.37. The monoisotopic (exact) mass is 231 g/mol. The van der Waals surface area contributed by atoms with Crippen LogP contribution in [0.5, 0.6) is 5.75 Å². The van der Waals surface area contributed by atoms with Crippen molar-refractivity contribution in [1.82, 2.24) is 0 Å². The van der Waals surface area contributed by atoms with E-state index in [1.54, 1.807) is 12.1 Å². The van der Waals surface area contributed by atoms with E-state index in [2.05, 4.69) is 4.74 Å². The van der Waals surface area contributed by atoms with Crippen LogP contribution in [0.4, 0.5) is 0 Å². The first kappa shape index (κ1) is 12.8. The third-order valence-corrected chi connectivity index (χ3v) is 2.21. The molecular weight excluding hydrogens is 218 g/mol. The molecule has 0 radical (unpaired) electrons. The molecule has 0 amide bonds. The van der Waals surface area contributed by atoms with E-state index in [1.807, 2.05) is 19.1 Å². The van der Waals surface area contributed by atoms with Crippen LogP contribution in [0.25, 0.3) is 6.08 Å². The maximum Gasteiger partial charge on any atom is 0.348 e. The van der Waals surface area contributed by atoms with Gasteiger partial charge in [-0.3, -0.25) is 0 Å². The Balaban J connectivity index is 3.24. The molecule has 4 heteroatoms. The molecular formula is C13H13NO3. The van der Waals surface area contributed by atoms with Gasteiger partial charge < -0.3 is 9.47 Å². The second kappa shape index (κ2) is 5.71. The fourth-order valence-corrected chi connectivity index (χ4v) is 1.37. The molecule has 0 heterocycles. The van der Waals surface area contributed by atoms with Gasteiger partial charge in [0.25, 0.3) is 0 Å². The number of hydrogen-bond acceptors (Lipinski definition) is 4. The van der Waals surface area contributed by atoms with Gasteiger partial charge in [-0.25, -0.2) is 4.79 Å². The van der Waals surface area contributed by atoms with Gasteiger partial charge in [0.15, 0.2) is 0 Å². The van der Waals surface area contributed by atoms with Gasteiger partial charge in [-0.15, -0.1) is 0 Å². The molecule has 17 heavy (non-hydrogen) atoms. The molecule has 0 fully saturated rings. The van der Waals surface area contributed by atoms with Gasteiger partial charge in [-0.1, -0.05) is 11.6 Å². The molecule has 0 aromatic heterocycles. The Morgan fingerprint density at radius 2 is 2.12 bits per heavy atom. The van der Waals surface area contributed by atoms with E-state index < -0.39 is 5.97 Å². The van der Waals surface area contributed by atoms with Gasteiger partial charge in [0.2, 0.25) is 0 Å². The summed E-state index contributed by atoms with van der Waals surface area (Å²) < 4.78 is 9.66. The Labute approximate surface area is 100 Å². The van der Waals surface area contributed by atoms with E-state index in [4.69, 9.17) is 10.00 Å². The van der Waals surface area contributed by atoms with E-state index in [9.17, 15) is 4.79 Å². The van der Waals surface area contributed by atoms with Gasteiger partial charge >= 0.3 is 5.97 Å². The average Bonchev–Trinajstić information content (AvgIpc) is 2.35. The molecule has 0 atom stereocenters. The molecule has 0 aliphatic heterocycles. The van der Waals surface area contributed by atoms with E-state index in [0.717, 1.165) is 5.56 Å². The smallest absolute Gasteiger partial charge is 0.348 e. The normalized spacial score (nSPS) is 10.6. The number of methoxy groups -OCH3 is 2. The quantitative estimate of drug-likeness (QED) is 0.454. The zero-order chi connectivity index (χ0) is 12.8. The van der Waals surface area contributed by atoms with Crippen molar-refractivity contribution in [2.24, 2.45) is 0 Å². The van der Waals surface area contributed by atoms with Crippen LogP contribution in [-0.2, 0) is 9.53 Å². The summed E-state index contributed by atoms with van der Waals surface area (Å²) in [5.41, 5.74) is 1.63. The van der Waals surface area contributed by atoms with Crippen LogP contribution in [0.15, 0.2) is 23.8 Å². The molecule has 88 valence electrons. The fraction of sp³-hybridized carbons (Fsp3) is 0.231. The maximum atomic E-state index is 11.3. The number of esters is 1. The summed E-state index contributed by atoms with van der Waals surface area (Å²) >= 11 is 0. The van der Waals surface area contributed by atoms with Crippen LogP contribution in [0.2, 0.25) is 0 Å². The Hall–Kier alpha value is -2.28. The van der Waals surface area contributed by atoms with Crippen molar-refractivity contribution < 1.29 is 14.3 Å². The minimum atomic E-state index is -0.656. The van der Waals surface area contributed by atoms with Crippen molar-refractivity contribution in [2.75, 3.05) is 14.2 Å². The minimum absolute atomic E-state index is 0.0589. The van der Waals surface area contributed by atoms with Crippen molar-refractivity contribution in [3.63, 3.8) is 0 Å². The highest BCUT2D eigenvalue weighted by atomic mass is 16.5. The lowest BCUT2D eigenvalue weighted by Gasteiger charge is -2.06. The number of rotatable bonds is 3. The zero-order valence-electron chi connectivity index (χ0n) is 9.98. The minimum Gasteiger partial charge on any atom is -0.496 e. The second-order valence-corrected chi connectivity index (χ2v) is 3.41. The van der Waals surface area contributed by atoms with Crippen molar-refractivity contribution in [3.05, 3.63) is 34.9 Å². The highest BCUT2D eigenvalue weighted by Gasteiger charge is 2.10. The molecule has 0 N–H and O–H groups in total. The summed E-state index contributed by atoms with van der Waals surface area (Å²) in [6.45, 7) is 1.92. The van der Waals surface area contributed by atoms with Crippen LogP contribution < -0.4 is 4.74 Å². The summed E-state index contributed by atoms with van der Waals surface area (Å²) in [6.07, 6.45) is 1.46. The number of nitriles is 1. The molecule has 1 aromatic carbocycles. The summed E-state index contributed by atoms with van der Waals surface area (Å²) in [7, 11) is 2.77. The number of ether oxygens (including phenoxy) is 2. The molecule has 0 aliphatic rings. The van der Waals surface area contributed by atoms with Crippen LogP contribution in [0.1, 0.15) is 11.1 Å². The molecule has 4 nitrogen and oxygen atoms in total. The number of aryl methyl sites for hydroxylation is 1. The number of benzene rings is 1. The predicted molar refractivity (Wildman–Crippen MR) is 63.3 cm³/mol. The van der Waals surface area contributed by atoms with Gasteiger partial charge in [0, 0.05) is 5.56 Å². The molecule has 0 spiro atoms. The highest BCUT2D eigenvalue weighted by Crippen LogP contribution is 2.22. The van der Waals surface area contributed by atoms with Crippen molar-refractivity contribution in [2.45, 2.75) is 6.92 Å². The van der Waals surface area contributed by atoms with E-state index in [0.29, 0.717) is 11.3 Å². The first-order chi connectivity index (χ1) is 8.12. The standard InChI is InChI=1S/C13H13NO3/c1-9-4-5-12(16-2)10(6-9)7-11(8-14)13(15)17-3/h4-7H,1-3H3/b11-7+. The third-order valence-electron chi connectivity index (χ3n) is 2.21. The Morgan fingerprint density at radius 1 is 1.41 bits per heavy atom. The SMILES string of the molecule is COC(=O)/C(C#N)=C/c1cc(C)ccc1OC. The van der Waals surface area contributed by atoms with Crippen molar-refractivity contribution in [1.29, 1.82) is 5.26 Å². The second-order valence-electron chi connectivity index (χ2n) is 3.41. The third kappa shape index (κ3) is 3.08. The molecule has 1 rings (SSSR count). The van der Waals surface area contributed by atoms with E-state index in [-0.39, 0.29) is 5.57 Å². The van der Waals surface area contributed by atoms with Gasteiger partial charge in [0.05, 0.1) is 14.2 Å². The first-order valence-corrected chi connectivity index (χ1v) is 4.97. The Bertz CT molecular complexity index is 498. The lowest BCUT2D eigenvalue weighted by molar-refractivity contribution is -0.135. The summed E-state index contributed by atoms with van der Waals surface area (Å²) in [5.74, 6) is -0.0525. The summed E-state index contributed by atoms with van der Waals surface area (Å²) in [4.78, 5) is 11.3. The molecule has 0 saturated carbocycles. The number of hydrogen-bond donors (Lipinski definition) is 0. The highest BCUT2D eigenvalue weighted by molar-refractivity contribution is 5.98. The number of nitrogens with zero attached hydrogens (tertiary/aromatic N) is 1. The van der Waals surface area contributed by atoms with Gasteiger partial charge in [-0.2, -0.15) is 5.26 Å². The predicted octanol–water partition coefficient (Wildman–Crippen LogP) is 2.08. The van der Waals surface area contributed by atoms with Crippen LogP contribution >= 0.6 is 0 Å². The van der Waals surface area contributed by atoms with Gasteiger partial charge in [0.1, 0.15) is 17.4 Å². The number of carbonyl (C=O) groups excluding carboxylic acids is 1. The molecule has 0 bridgehead atoms. The van der Waals surface area contributed by atoms with Crippen LogP contribution in [-0.4, -0.2) is 20.2 Å². The summed E-state index contributed by atoms with van der Waals surface area (Å²) in [5, 5.41) is 8.86. The van der Waals surface area contributed by atoms with Gasteiger partial charge in [-0.05, 0) is 25.1 Å². The topological polar surface area (TPSA) is 59.3 Å². The molecule has 0 saturated heterocycles. The van der Waals surface area contributed by atoms with Crippen LogP contribution in [0, 0.1) is 18.3 Å². The molecule has 1 aromatic rings. The summed E-state index contributed by atoms with van der Waals surface area (Å²) in [6, 6.07) is 7.31. The largest absolute Gasteiger partial charge is 0.496 e. The van der Waals surface area contributed by atoms with E-state index >= 15 is 0 Å². The Kier molecular flexibility index (Phi) is 4.29. The van der Waals surface area contributed by atoms with E-state index in [1.165, 1.54) is 20.3 Å². The lowest BCUT2D eigenvalue weighted by atomic mass is 10.1. The van der Waals surface area contributed by atoms with Crippen LogP contribution in [0.3, 0.4) is 0 Å². The first-order valence-electron chi connectivity index (χ1n) is 4.97. The zero-order valence-corrected chi connectivity index (χ0v) is 9.98.